The summed E-state index contributed by atoms with van der Waals surface area (Å²) < 4.78 is 0. The van der Waals surface area contributed by atoms with E-state index in [1.807, 2.05) is 0 Å². The zero-order chi connectivity index (χ0) is 19.7. The van der Waals surface area contributed by atoms with E-state index in [2.05, 4.69) is 26.0 Å². The van der Waals surface area contributed by atoms with E-state index >= 15 is 0 Å². The maximum absolute atomic E-state index is 3.91. The molecule has 0 saturated carbocycles. The molecule has 0 spiro atoms. The van der Waals surface area contributed by atoms with Crippen LogP contribution in [0.25, 0.3) is 0 Å². The molecule has 0 aromatic rings. The summed E-state index contributed by atoms with van der Waals surface area (Å²) in [5.41, 5.74) is 0. The average molecular weight is 377 g/mol. The molecule has 0 aromatic carbocycles. The van der Waals surface area contributed by atoms with Crippen LogP contribution in [0.15, 0.2) is 12.2 Å². The van der Waals surface area contributed by atoms with Crippen molar-refractivity contribution in [1.82, 2.24) is 0 Å². The number of rotatable bonds is 23. The third kappa shape index (κ3) is 25.7. The van der Waals surface area contributed by atoms with Crippen LogP contribution in [0.5, 0.6) is 0 Å². The number of allylic oxidation sites excluding steroid dienone is 2. The second-order valence-electron chi connectivity index (χ2n) is 8.47. The highest BCUT2D eigenvalue weighted by atomic mass is 14.0. The lowest BCUT2D eigenvalue weighted by atomic mass is 10.0. The van der Waals surface area contributed by atoms with Crippen LogP contribution in [-0.2, 0) is 0 Å². The standard InChI is InChI=1S/C27H52/c1-3-5-7-9-11-13-15-17-19-21-23-25-27-26-24-22-20-18-16-14-12-10-8-6-4-2/h17,19H,1-16,18,20-27H2. The van der Waals surface area contributed by atoms with E-state index in [1.165, 1.54) is 135 Å². The minimum absolute atomic E-state index is 1.11. The smallest absolute Gasteiger partial charge is 0.0351 e. The Morgan fingerprint density at radius 1 is 0.296 bits per heavy atom. The second kappa shape index (κ2) is 25.7. The first-order chi connectivity index (χ1) is 13.4. The largest absolute Gasteiger partial charge is 0.0885 e. The predicted octanol–water partition coefficient (Wildman–Crippen LogP) is 10.2. The molecule has 0 aliphatic rings. The molecule has 0 N–H and O–H groups in total. The zero-order valence-electron chi connectivity index (χ0n) is 18.8. The Hall–Kier alpha value is -0.260. The third-order valence-electron chi connectivity index (χ3n) is 5.66. The molecule has 0 unspecified atom stereocenters. The van der Waals surface area contributed by atoms with E-state index in [0.717, 1.165) is 12.8 Å². The van der Waals surface area contributed by atoms with E-state index in [-0.39, 0.29) is 0 Å². The monoisotopic (exact) mass is 376 g/mol. The normalized spacial score (nSPS) is 11.6. The molecule has 0 nitrogen and oxygen atoms in total. The van der Waals surface area contributed by atoms with Crippen LogP contribution in [-0.4, -0.2) is 0 Å². The van der Waals surface area contributed by atoms with Gasteiger partial charge in [-0.05, 0) is 25.7 Å². The van der Waals surface area contributed by atoms with Crippen molar-refractivity contribution in [2.24, 2.45) is 0 Å². The molecule has 0 rings (SSSR count). The SMILES string of the molecule is [CH2]CCCCCCCC=CCCCCCCCCCCCCCCCC[CH2]. The van der Waals surface area contributed by atoms with Crippen molar-refractivity contribution in [3.63, 3.8) is 0 Å². The summed E-state index contributed by atoms with van der Waals surface area (Å²) in [6.45, 7) is 7.81. The van der Waals surface area contributed by atoms with Gasteiger partial charge in [-0.1, -0.05) is 148 Å². The Balaban J connectivity index is 3.03. The van der Waals surface area contributed by atoms with E-state index in [1.54, 1.807) is 0 Å². The molecule has 2 radical (unpaired) electrons. The summed E-state index contributed by atoms with van der Waals surface area (Å²) in [5.74, 6) is 0. The van der Waals surface area contributed by atoms with Crippen LogP contribution in [0.3, 0.4) is 0 Å². The van der Waals surface area contributed by atoms with Crippen molar-refractivity contribution in [3.05, 3.63) is 26.0 Å². The van der Waals surface area contributed by atoms with Crippen LogP contribution in [0.4, 0.5) is 0 Å². The van der Waals surface area contributed by atoms with E-state index in [9.17, 15) is 0 Å². The van der Waals surface area contributed by atoms with Crippen LogP contribution < -0.4 is 0 Å². The van der Waals surface area contributed by atoms with E-state index in [0.29, 0.717) is 0 Å². The lowest BCUT2D eigenvalue weighted by Gasteiger charge is -2.03. The molecule has 160 valence electrons. The van der Waals surface area contributed by atoms with Crippen LogP contribution in [0.1, 0.15) is 148 Å². The molecule has 27 heavy (non-hydrogen) atoms. The topological polar surface area (TPSA) is 0 Å². The molecular weight excluding hydrogens is 324 g/mol. The third-order valence-corrected chi connectivity index (χ3v) is 5.66. The number of hydrogen-bond acceptors (Lipinski definition) is 0. The predicted molar refractivity (Wildman–Crippen MR) is 126 cm³/mol. The highest BCUT2D eigenvalue weighted by Crippen LogP contribution is 2.14. The van der Waals surface area contributed by atoms with Crippen molar-refractivity contribution in [1.29, 1.82) is 0 Å². The van der Waals surface area contributed by atoms with Crippen molar-refractivity contribution >= 4 is 0 Å². The summed E-state index contributed by atoms with van der Waals surface area (Å²) in [4.78, 5) is 0. The minimum Gasteiger partial charge on any atom is -0.0885 e. The van der Waals surface area contributed by atoms with Crippen molar-refractivity contribution in [2.75, 3.05) is 0 Å². The van der Waals surface area contributed by atoms with Crippen LogP contribution >= 0.6 is 0 Å². The van der Waals surface area contributed by atoms with Crippen molar-refractivity contribution in [2.45, 2.75) is 148 Å². The van der Waals surface area contributed by atoms with Gasteiger partial charge in [0.15, 0.2) is 0 Å². The molecule has 0 heteroatoms. The summed E-state index contributed by atoms with van der Waals surface area (Å²) in [5, 5.41) is 0. The number of hydrogen-bond donors (Lipinski definition) is 0. The molecule has 0 aromatic heterocycles. The van der Waals surface area contributed by atoms with Crippen molar-refractivity contribution in [3.8, 4) is 0 Å². The van der Waals surface area contributed by atoms with Gasteiger partial charge in [0.2, 0.25) is 0 Å². The first-order valence-corrected chi connectivity index (χ1v) is 12.6. The Morgan fingerprint density at radius 3 is 0.778 bits per heavy atom. The fraction of sp³-hybridized carbons (Fsp3) is 0.852. The lowest BCUT2D eigenvalue weighted by molar-refractivity contribution is 0.534. The van der Waals surface area contributed by atoms with Crippen molar-refractivity contribution < 1.29 is 0 Å². The quantitative estimate of drug-likeness (QED) is 0.123. The fourth-order valence-electron chi connectivity index (χ4n) is 3.77. The molecule has 0 aliphatic carbocycles. The molecule has 0 amide bonds. The molecule has 0 fully saturated rings. The summed E-state index contributed by atoms with van der Waals surface area (Å²) in [6, 6.07) is 0. The van der Waals surface area contributed by atoms with Gasteiger partial charge in [0, 0.05) is 0 Å². The van der Waals surface area contributed by atoms with E-state index < -0.39 is 0 Å². The van der Waals surface area contributed by atoms with Gasteiger partial charge in [-0.2, -0.15) is 0 Å². The highest BCUT2D eigenvalue weighted by Gasteiger charge is 1.94. The average Bonchev–Trinajstić information content (AvgIpc) is 2.68. The maximum Gasteiger partial charge on any atom is -0.0351 e. The van der Waals surface area contributed by atoms with Gasteiger partial charge in [-0.3, -0.25) is 0 Å². The van der Waals surface area contributed by atoms with Gasteiger partial charge >= 0.3 is 0 Å². The van der Waals surface area contributed by atoms with Gasteiger partial charge < -0.3 is 0 Å². The minimum atomic E-state index is 1.11. The molecule has 0 atom stereocenters. The van der Waals surface area contributed by atoms with Crippen LogP contribution in [0.2, 0.25) is 0 Å². The fourth-order valence-corrected chi connectivity index (χ4v) is 3.77. The van der Waals surface area contributed by atoms with Gasteiger partial charge in [0.05, 0.1) is 0 Å². The summed E-state index contributed by atoms with van der Waals surface area (Å²) >= 11 is 0. The summed E-state index contributed by atoms with van der Waals surface area (Å²) in [7, 11) is 0. The Bertz CT molecular complexity index is 265. The van der Waals surface area contributed by atoms with Gasteiger partial charge in [0.25, 0.3) is 0 Å². The van der Waals surface area contributed by atoms with Gasteiger partial charge in [-0.25, -0.2) is 0 Å². The molecule has 0 heterocycles. The molecule has 0 aliphatic heterocycles. The molecular formula is C27H52. The molecule has 0 saturated heterocycles. The summed E-state index contributed by atoms with van der Waals surface area (Å²) in [6.07, 6.45) is 36.7. The molecule has 0 bridgehead atoms. The number of unbranched alkanes of at least 4 members (excludes halogenated alkanes) is 21. The Kier molecular flexibility index (Phi) is 25.5. The van der Waals surface area contributed by atoms with Crippen LogP contribution in [0, 0.1) is 13.8 Å². The Labute approximate surface area is 174 Å². The highest BCUT2D eigenvalue weighted by molar-refractivity contribution is 4.81. The first kappa shape index (κ1) is 26.7. The zero-order valence-corrected chi connectivity index (χ0v) is 18.8. The van der Waals surface area contributed by atoms with Gasteiger partial charge in [-0.15, -0.1) is 0 Å². The lowest BCUT2D eigenvalue weighted by Crippen LogP contribution is -1.83. The Morgan fingerprint density at radius 2 is 0.519 bits per heavy atom. The van der Waals surface area contributed by atoms with E-state index in [4.69, 9.17) is 0 Å². The first-order valence-electron chi connectivity index (χ1n) is 12.6. The second-order valence-corrected chi connectivity index (χ2v) is 8.47. The maximum atomic E-state index is 3.91. The van der Waals surface area contributed by atoms with Gasteiger partial charge in [0.1, 0.15) is 0 Å².